The van der Waals surface area contributed by atoms with Gasteiger partial charge in [-0.25, -0.2) is 8.78 Å². The van der Waals surface area contributed by atoms with Crippen LogP contribution in [0.25, 0.3) is 0 Å². The topological polar surface area (TPSA) is 21.3 Å². The number of alkyl halides is 2. The zero-order valence-electron chi connectivity index (χ0n) is 12.1. The minimum Gasteiger partial charge on any atom is -0.375 e. The lowest BCUT2D eigenvalue weighted by atomic mass is 9.92. The van der Waals surface area contributed by atoms with Crippen molar-refractivity contribution in [3.8, 4) is 0 Å². The Morgan fingerprint density at radius 3 is 2.21 bits per heavy atom. The Kier molecular flexibility index (Phi) is 6.38. The summed E-state index contributed by atoms with van der Waals surface area (Å²) >= 11 is 0. The molecule has 1 aromatic carbocycles. The molecule has 0 saturated heterocycles. The van der Waals surface area contributed by atoms with Crippen LogP contribution in [0.3, 0.4) is 0 Å². The molecule has 108 valence electrons. The highest BCUT2D eigenvalue weighted by Gasteiger charge is 2.15. The van der Waals surface area contributed by atoms with Gasteiger partial charge >= 0.3 is 0 Å². The predicted octanol–water partition coefficient (Wildman–Crippen LogP) is 3.54. The van der Waals surface area contributed by atoms with Crippen molar-refractivity contribution in [3.63, 3.8) is 0 Å². The predicted molar refractivity (Wildman–Crippen MR) is 73.9 cm³/mol. The van der Waals surface area contributed by atoms with Gasteiger partial charge in [0.2, 0.25) is 0 Å². The maximum Gasteiger partial charge on any atom is 0.261 e. The molecule has 0 radical (unpaired) electrons. The van der Waals surface area contributed by atoms with E-state index < -0.39 is 13.0 Å². The Hall–Kier alpha value is -1.00. The van der Waals surface area contributed by atoms with E-state index in [1.54, 1.807) is 0 Å². The largest absolute Gasteiger partial charge is 0.375 e. The molecular weight excluding hydrogens is 248 g/mol. The summed E-state index contributed by atoms with van der Waals surface area (Å²) in [6.07, 6.45) is -1.70. The van der Waals surface area contributed by atoms with E-state index in [1.807, 2.05) is 7.05 Å². The molecule has 2 nitrogen and oxygen atoms in total. The smallest absolute Gasteiger partial charge is 0.261 e. The van der Waals surface area contributed by atoms with Gasteiger partial charge in [-0.15, -0.1) is 0 Å². The normalized spacial score (nSPS) is 13.0. The van der Waals surface area contributed by atoms with Crippen LogP contribution >= 0.6 is 0 Å². The third kappa shape index (κ3) is 4.88. The number of hydrogen-bond acceptors (Lipinski definition) is 2. The van der Waals surface area contributed by atoms with Crippen molar-refractivity contribution in [2.24, 2.45) is 0 Å². The number of hydrogen-bond donors (Lipinski definition) is 1. The molecule has 0 heterocycles. The number of rotatable bonds is 7. The van der Waals surface area contributed by atoms with Gasteiger partial charge in [0.05, 0.1) is 0 Å². The van der Waals surface area contributed by atoms with E-state index in [2.05, 4.69) is 38.2 Å². The highest BCUT2D eigenvalue weighted by atomic mass is 19.3. The van der Waals surface area contributed by atoms with Gasteiger partial charge in [0, 0.05) is 12.6 Å². The van der Waals surface area contributed by atoms with Crippen molar-refractivity contribution in [1.29, 1.82) is 0 Å². The van der Waals surface area contributed by atoms with Crippen molar-refractivity contribution < 1.29 is 13.5 Å². The Morgan fingerprint density at radius 1 is 1.16 bits per heavy atom. The fraction of sp³-hybridized carbons (Fsp3) is 0.600. The van der Waals surface area contributed by atoms with Gasteiger partial charge in [0.25, 0.3) is 6.43 Å². The lowest BCUT2D eigenvalue weighted by molar-refractivity contribution is 0.0145. The molecule has 1 aromatic rings. The van der Waals surface area contributed by atoms with Crippen LogP contribution in [0.5, 0.6) is 0 Å². The summed E-state index contributed by atoms with van der Waals surface area (Å²) in [7, 11) is 1.89. The number of nitrogens with one attached hydrogen (secondary N) is 1. The van der Waals surface area contributed by atoms with Crippen molar-refractivity contribution in [3.05, 3.63) is 34.4 Å². The van der Waals surface area contributed by atoms with Gasteiger partial charge in [0.1, 0.15) is 6.61 Å². The molecule has 0 aliphatic carbocycles. The summed E-state index contributed by atoms with van der Waals surface area (Å²) in [5, 5.41) is 3.24. The molecule has 19 heavy (non-hydrogen) atoms. The highest BCUT2D eigenvalue weighted by molar-refractivity contribution is 5.39. The average Bonchev–Trinajstić information content (AvgIpc) is 2.30. The van der Waals surface area contributed by atoms with E-state index in [-0.39, 0.29) is 6.04 Å². The van der Waals surface area contributed by atoms with E-state index in [0.717, 1.165) is 0 Å². The Balaban J connectivity index is 2.69. The fourth-order valence-corrected chi connectivity index (χ4v) is 2.55. The highest BCUT2D eigenvalue weighted by Crippen LogP contribution is 2.25. The van der Waals surface area contributed by atoms with E-state index in [4.69, 9.17) is 4.74 Å². The van der Waals surface area contributed by atoms with E-state index in [1.165, 1.54) is 22.3 Å². The summed E-state index contributed by atoms with van der Waals surface area (Å²) in [6.45, 7) is 6.09. The van der Waals surface area contributed by atoms with Gasteiger partial charge in [0.15, 0.2) is 0 Å². The first-order chi connectivity index (χ1) is 8.95. The first-order valence-electron chi connectivity index (χ1n) is 6.56. The molecular formula is C15H23F2NO. The van der Waals surface area contributed by atoms with Gasteiger partial charge in [-0.2, -0.15) is 0 Å². The summed E-state index contributed by atoms with van der Waals surface area (Å²) < 4.78 is 29.0. The van der Waals surface area contributed by atoms with E-state index in [0.29, 0.717) is 13.0 Å². The molecule has 1 rings (SSSR count). The van der Waals surface area contributed by atoms with Crippen LogP contribution in [0.1, 0.15) is 34.7 Å². The molecule has 1 atom stereocenters. The summed E-state index contributed by atoms with van der Waals surface area (Å²) in [5.41, 5.74) is 4.94. The number of halogens is 2. The Morgan fingerprint density at radius 2 is 1.74 bits per heavy atom. The number of benzene rings is 1. The summed E-state index contributed by atoms with van der Waals surface area (Å²) in [4.78, 5) is 0. The summed E-state index contributed by atoms with van der Waals surface area (Å²) in [5.74, 6) is 0. The monoisotopic (exact) mass is 271 g/mol. The van der Waals surface area contributed by atoms with Crippen LogP contribution in [0.2, 0.25) is 0 Å². The zero-order valence-corrected chi connectivity index (χ0v) is 12.1. The van der Waals surface area contributed by atoms with Crippen LogP contribution < -0.4 is 5.32 Å². The average molecular weight is 271 g/mol. The van der Waals surface area contributed by atoms with E-state index >= 15 is 0 Å². The van der Waals surface area contributed by atoms with Crippen molar-refractivity contribution in [2.75, 3.05) is 20.3 Å². The van der Waals surface area contributed by atoms with Crippen LogP contribution in [0.15, 0.2) is 12.1 Å². The maximum atomic E-state index is 12.0. The number of aryl methyl sites for hydroxylation is 3. The van der Waals surface area contributed by atoms with Gasteiger partial charge in [-0.3, -0.25) is 0 Å². The zero-order chi connectivity index (χ0) is 14.4. The van der Waals surface area contributed by atoms with Crippen molar-refractivity contribution in [1.82, 2.24) is 5.32 Å². The quantitative estimate of drug-likeness (QED) is 0.766. The SMILES string of the molecule is CNC(CCOCC(F)F)c1c(C)cc(C)cc1C. The van der Waals surface area contributed by atoms with Crippen molar-refractivity contribution >= 4 is 0 Å². The molecule has 0 spiro atoms. The molecule has 0 amide bonds. The molecule has 0 bridgehead atoms. The van der Waals surface area contributed by atoms with Gasteiger partial charge < -0.3 is 10.1 Å². The Labute approximate surface area is 114 Å². The molecule has 0 aliphatic rings. The molecule has 1 N–H and O–H groups in total. The molecule has 4 heteroatoms. The minimum atomic E-state index is -2.39. The standard InChI is InChI=1S/C15H23F2NO/c1-10-7-11(2)15(12(3)8-10)13(18-4)5-6-19-9-14(16)17/h7-8,13-14,18H,5-6,9H2,1-4H3. The van der Waals surface area contributed by atoms with Crippen LogP contribution in [0.4, 0.5) is 8.78 Å². The third-order valence-electron chi connectivity index (χ3n) is 3.23. The van der Waals surface area contributed by atoms with Gasteiger partial charge in [-0.05, 0) is 50.9 Å². The first kappa shape index (κ1) is 16.1. The minimum absolute atomic E-state index is 0.137. The third-order valence-corrected chi connectivity index (χ3v) is 3.23. The molecule has 1 unspecified atom stereocenters. The lowest BCUT2D eigenvalue weighted by Gasteiger charge is -2.22. The second-order valence-corrected chi connectivity index (χ2v) is 4.91. The number of ether oxygens (including phenoxy) is 1. The molecule has 0 aliphatic heterocycles. The molecule has 0 aromatic heterocycles. The summed E-state index contributed by atoms with van der Waals surface area (Å²) in [6, 6.07) is 4.43. The maximum absolute atomic E-state index is 12.0. The Bertz CT molecular complexity index is 384. The van der Waals surface area contributed by atoms with E-state index in [9.17, 15) is 8.78 Å². The lowest BCUT2D eigenvalue weighted by Crippen LogP contribution is -2.21. The van der Waals surface area contributed by atoms with Crippen LogP contribution in [-0.2, 0) is 4.74 Å². The van der Waals surface area contributed by atoms with Gasteiger partial charge in [-0.1, -0.05) is 17.7 Å². The molecule has 0 saturated carbocycles. The van der Waals surface area contributed by atoms with Crippen LogP contribution in [-0.4, -0.2) is 26.7 Å². The second-order valence-electron chi connectivity index (χ2n) is 4.91. The second kappa shape index (κ2) is 7.56. The fourth-order valence-electron chi connectivity index (χ4n) is 2.55. The van der Waals surface area contributed by atoms with Crippen molar-refractivity contribution in [2.45, 2.75) is 39.7 Å². The molecule has 0 fully saturated rings. The first-order valence-corrected chi connectivity index (χ1v) is 6.56. The van der Waals surface area contributed by atoms with Crippen LogP contribution in [0, 0.1) is 20.8 Å².